The summed E-state index contributed by atoms with van der Waals surface area (Å²) < 4.78 is 5.26. The molecule has 0 unspecified atom stereocenters. The van der Waals surface area contributed by atoms with Gasteiger partial charge in [-0.1, -0.05) is 11.6 Å². The van der Waals surface area contributed by atoms with E-state index in [1.165, 1.54) is 7.11 Å². The summed E-state index contributed by atoms with van der Waals surface area (Å²) in [6.07, 6.45) is 1.35. The quantitative estimate of drug-likeness (QED) is 0.837. The Morgan fingerprint density at radius 2 is 2.18 bits per heavy atom. The van der Waals surface area contributed by atoms with E-state index in [1.807, 2.05) is 16.8 Å². The van der Waals surface area contributed by atoms with Crippen LogP contribution in [0.3, 0.4) is 0 Å². The second kappa shape index (κ2) is 5.80. The molecule has 1 aromatic carbocycles. The SMILES string of the molecule is COc1ccc(Cl)cc1C(=O)N1CC[C@H]2[C@H](CC(=O)N2C)C1. The maximum Gasteiger partial charge on any atom is 0.257 e. The molecule has 0 saturated carbocycles. The van der Waals surface area contributed by atoms with Gasteiger partial charge in [-0.05, 0) is 24.6 Å². The van der Waals surface area contributed by atoms with Crippen LogP contribution in [-0.2, 0) is 4.79 Å². The van der Waals surface area contributed by atoms with Crippen molar-refractivity contribution in [3.8, 4) is 5.75 Å². The highest BCUT2D eigenvalue weighted by Gasteiger charge is 2.42. The molecule has 2 amide bonds. The lowest BCUT2D eigenvalue weighted by atomic mass is 9.92. The van der Waals surface area contributed by atoms with Gasteiger partial charge in [0.1, 0.15) is 5.75 Å². The molecule has 3 rings (SSSR count). The zero-order valence-electron chi connectivity index (χ0n) is 12.7. The van der Waals surface area contributed by atoms with Crippen LogP contribution in [0.15, 0.2) is 18.2 Å². The first kappa shape index (κ1) is 15.2. The number of amides is 2. The summed E-state index contributed by atoms with van der Waals surface area (Å²) in [5, 5.41) is 0.509. The van der Waals surface area contributed by atoms with Crippen molar-refractivity contribution < 1.29 is 14.3 Å². The lowest BCUT2D eigenvalue weighted by molar-refractivity contribution is -0.127. The molecular weight excluding hydrogens is 304 g/mol. The topological polar surface area (TPSA) is 49.9 Å². The van der Waals surface area contributed by atoms with Gasteiger partial charge in [0.05, 0.1) is 12.7 Å². The van der Waals surface area contributed by atoms with E-state index in [9.17, 15) is 9.59 Å². The highest BCUT2D eigenvalue weighted by molar-refractivity contribution is 6.31. The van der Waals surface area contributed by atoms with Crippen molar-refractivity contribution in [2.75, 3.05) is 27.2 Å². The van der Waals surface area contributed by atoms with Gasteiger partial charge in [-0.25, -0.2) is 0 Å². The molecule has 118 valence electrons. The number of likely N-dealkylation sites (tertiary alicyclic amines) is 2. The second-order valence-corrected chi connectivity index (χ2v) is 6.36. The molecule has 6 heteroatoms. The van der Waals surface area contributed by atoms with E-state index >= 15 is 0 Å². The van der Waals surface area contributed by atoms with Crippen molar-refractivity contribution in [3.05, 3.63) is 28.8 Å². The summed E-state index contributed by atoms with van der Waals surface area (Å²) in [6, 6.07) is 5.31. The van der Waals surface area contributed by atoms with Gasteiger partial charge < -0.3 is 14.5 Å². The number of nitrogens with zero attached hydrogens (tertiary/aromatic N) is 2. The number of hydrogen-bond donors (Lipinski definition) is 0. The molecule has 0 radical (unpaired) electrons. The molecule has 2 aliphatic rings. The fourth-order valence-corrected chi connectivity index (χ4v) is 3.66. The van der Waals surface area contributed by atoms with Crippen LogP contribution in [0.2, 0.25) is 5.02 Å². The Morgan fingerprint density at radius 3 is 2.91 bits per heavy atom. The zero-order valence-corrected chi connectivity index (χ0v) is 13.5. The normalized spacial score (nSPS) is 24.4. The van der Waals surface area contributed by atoms with E-state index in [4.69, 9.17) is 16.3 Å². The van der Waals surface area contributed by atoms with Crippen LogP contribution < -0.4 is 4.74 Å². The molecule has 1 aromatic rings. The number of carbonyl (C=O) groups is 2. The molecule has 0 aromatic heterocycles. The van der Waals surface area contributed by atoms with E-state index in [2.05, 4.69) is 0 Å². The Bertz CT molecular complexity index is 619. The molecule has 5 nitrogen and oxygen atoms in total. The number of carbonyl (C=O) groups excluding carboxylic acids is 2. The van der Waals surface area contributed by atoms with Crippen LogP contribution in [0.1, 0.15) is 23.2 Å². The van der Waals surface area contributed by atoms with Crippen molar-refractivity contribution in [1.29, 1.82) is 0 Å². The summed E-state index contributed by atoms with van der Waals surface area (Å²) in [6.45, 7) is 1.25. The average Bonchev–Trinajstić information content (AvgIpc) is 2.80. The van der Waals surface area contributed by atoms with E-state index in [0.717, 1.165) is 6.42 Å². The Balaban J connectivity index is 1.80. The van der Waals surface area contributed by atoms with Crippen molar-refractivity contribution in [2.45, 2.75) is 18.9 Å². The second-order valence-electron chi connectivity index (χ2n) is 5.92. The molecule has 0 N–H and O–H groups in total. The molecular formula is C16H19ClN2O3. The fourth-order valence-electron chi connectivity index (χ4n) is 3.49. The smallest absolute Gasteiger partial charge is 0.257 e. The fraction of sp³-hybridized carbons (Fsp3) is 0.500. The minimum Gasteiger partial charge on any atom is -0.496 e. The molecule has 2 saturated heterocycles. The molecule has 2 fully saturated rings. The Morgan fingerprint density at radius 1 is 1.41 bits per heavy atom. The highest BCUT2D eigenvalue weighted by Crippen LogP contribution is 2.33. The third-order valence-corrected chi connectivity index (χ3v) is 4.94. The third kappa shape index (κ3) is 2.54. The summed E-state index contributed by atoms with van der Waals surface area (Å²) in [7, 11) is 3.39. The van der Waals surface area contributed by atoms with Crippen molar-refractivity contribution >= 4 is 23.4 Å². The van der Waals surface area contributed by atoms with Gasteiger partial charge in [0.15, 0.2) is 0 Å². The van der Waals surface area contributed by atoms with Gasteiger partial charge in [-0.2, -0.15) is 0 Å². The van der Waals surface area contributed by atoms with Crippen LogP contribution in [0.4, 0.5) is 0 Å². The number of benzene rings is 1. The molecule has 0 aliphatic carbocycles. The highest BCUT2D eigenvalue weighted by atomic mass is 35.5. The van der Waals surface area contributed by atoms with Crippen molar-refractivity contribution in [3.63, 3.8) is 0 Å². The standard InChI is InChI=1S/C16H19ClN2O3/c1-18-13-5-6-19(9-10(13)7-15(18)20)16(21)12-8-11(17)3-4-14(12)22-2/h3-4,8,10,13H,5-7,9H2,1-2H3/t10-,13+/m1/s1. The van der Waals surface area contributed by atoms with Gasteiger partial charge >= 0.3 is 0 Å². The van der Waals surface area contributed by atoms with Crippen LogP contribution in [-0.4, -0.2) is 54.9 Å². The monoisotopic (exact) mass is 322 g/mol. The van der Waals surface area contributed by atoms with E-state index in [1.54, 1.807) is 18.2 Å². The number of halogens is 1. The lowest BCUT2D eigenvalue weighted by Crippen LogP contribution is -2.47. The minimum absolute atomic E-state index is 0.0835. The maximum atomic E-state index is 12.8. The summed E-state index contributed by atoms with van der Waals surface area (Å²) in [4.78, 5) is 28.2. The molecule has 0 spiro atoms. The van der Waals surface area contributed by atoms with Crippen LogP contribution in [0.5, 0.6) is 5.75 Å². The average molecular weight is 323 g/mol. The largest absolute Gasteiger partial charge is 0.496 e. The van der Waals surface area contributed by atoms with Crippen molar-refractivity contribution in [2.24, 2.45) is 5.92 Å². The number of hydrogen-bond acceptors (Lipinski definition) is 3. The van der Waals surface area contributed by atoms with Crippen molar-refractivity contribution in [1.82, 2.24) is 9.80 Å². The summed E-state index contributed by atoms with van der Waals surface area (Å²) in [5.74, 6) is 0.834. The van der Waals surface area contributed by atoms with E-state index in [-0.39, 0.29) is 23.8 Å². The molecule has 2 heterocycles. The van der Waals surface area contributed by atoms with E-state index < -0.39 is 0 Å². The third-order valence-electron chi connectivity index (χ3n) is 4.70. The Kier molecular flexibility index (Phi) is 4.00. The minimum atomic E-state index is -0.0835. The molecule has 22 heavy (non-hydrogen) atoms. The maximum absolute atomic E-state index is 12.8. The predicted octanol–water partition coefficient (Wildman–Crippen LogP) is 2.04. The van der Waals surface area contributed by atoms with Gasteiger partial charge in [0.2, 0.25) is 5.91 Å². The molecule has 2 aliphatic heterocycles. The number of ether oxygens (including phenoxy) is 1. The molecule has 2 atom stereocenters. The Hall–Kier alpha value is -1.75. The first-order valence-corrected chi connectivity index (χ1v) is 7.77. The lowest BCUT2D eigenvalue weighted by Gasteiger charge is -2.36. The number of piperidine rings is 1. The van der Waals surface area contributed by atoms with E-state index in [0.29, 0.717) is 35.8 Å². The molecule has 0 bridgehead atoms. The summed E-state index contributed by atoms with van der Waals surface area (Å²) >= 11 is 6.01. The first-order chi connectivity index (χ1) is 10.5. The zero-order chi connectivity index (χ0) is 15.9. The van der Waals surface area contributed by atoms with Gasteiger partial charge in [0.25, 0.3) is 5.91 Å². The van der Waals surface area contributed by atoms with Crippen LogP contribution >= 0.6 is 11.6 Å². The summed E-state index contributed by atoms with van der Waals surface area (Å²) in [5.41, 5.74) is 0.478. The van der Waals surface area contributed by atoms with Crippen LogP contribution in [0.25, 0.3) is 0 Å². The predicted molar refractivity (Wildman–Crippen MR) is 83.2 cm³/mol. The van der Waals surface area contributed by atoms with Gasteiger partial charge in [-0.3, -0.25) is 9.59 Å². The number of fused-ring (bicyclic) bond motifs is 1. The Labute approximate surface area is 134 Å². The first-order valence-electron chi connectivity index (χ1n) is 7.39. The number of rotatable bonds is 2. The number of methoxy groups -OCH3 is 1. The van der Waals surface area contributed by atoms with Crippen LogP contribution in [0, 0.1) is 5.92 Å². The van der Waals surface area contributed by atoms with Gasteiger partial charge in [0, 0.05) is 43.5 Å². The van der Waals surface area contributed by atoms with Gasteiger partial charge in [-0.15, -0.1) is 0 Å².